The van der Waals surface area contributed by atoms with Gasteiger partial charge in [0, 0.05) is 23.5 Å². The van der Waals surface area contributed by atoms with E-state index in [4.69, 9.17) is 11.6 Å². The summed E-state index contributed by atoms with van der Waals surface area (Å²) in [6.45, 7) is 0.948. The predicted octanol–water partition coefficient (Wildman–Crippen LogP) is 4.56. The Bertz CT molecular complexity index is 575. The molecule has 0 bridgehead atoms. The summed E-state index contributed by atoms with van der Waals surface area (Å²) < 4.78 is 13.0. The Kier molecular flexibility index (Phi) is 4.57. The van der Waals surface area contributed by atoms with Gasteiger partial charge in [0.1, 0.15) is 5.82 Å². The lowest BCUT2D eigenvalue weighted by Crippen LogP contribution is -2.24. The van der Waals surface area contributed by atoms with Gasteiger partial charge in [0.05, 0.1) is 0 Å². The van der Waals surface area contributed by atoms with Gasteiger partial charge in [-0.2, -0.15) is 0 Å². The van der Waals surface area contributed by atoms with Crippen molar-refractivity contribution in [3.05, 3.63) is 70.5 Å². The number of hydrogen-bond donors (Lipinski definition) is 1. The van der Waals surface area contributed by atoms with Crippen molar-refractivity contribution in [1.82, 2.24) is 5.32 Å². The fourth-order valence-corrected chi connectivity index (χ4v) is 2.67. The quantitative estimate of drug-likeness (QED) is 0.825. The van der Waals surface area contributed by atoms with Crippen LogP contribution in [-0.2, 0) is 6.42 Å². The van der Waals surface area contributed by atoms with Gasteiger partial charge in [-0.3, -0.25) is 0 Å². The zero-order valence-electron chi connectivity index (χ0n) is 11.9. The molecule has 1 aliphatic rings. The first-order valence-electron chi connectivity index (χ1n) is 7.44. The summed E-state index contributed by atoms with van der Waals surface area (Å²) in [5, 5.41) is 4.35. The first-order valence-corrected chi connectivity index (χ1v) is 7.82. The van der Waals surface area contributed by atoms with E-state index < -0.39 is 0 Å². The van der Waals surface area contributed by atoms with Crippen LogP contribution in [0.5, 0.6) is 0 Å². The van der Waals surface area contributed by atoms with E-state index in [0.29, 0.717) is 12.0 Å². The molecule has 0 amide bonds. The molecule has 0 heterocycles. The zero-order chi connectivity index (χ0) is 14.7. The molecule has 0 aliphatic heterocycles. The molecular weight excluding hydrogens is 285 g/mol. The first kappa shape index (κ1) is 14.6. The summed E-state index contributed by atoms with van der Waals surface area (Å²) >= 11 is 5.97. The van der Waals surface area contributed by atoms with Crippen LogP contribution in [0.4, 0.5) is 4.39 Å². The Labute approximate surface area is 130 Å². The highest BCUT2D eigenvalue weighted by Gasteiger charge is 2.22. The van der Waals surface area contributed by atoms with E-state index in [9.17, 15) is 4.39 Å². The van der Waals surface area contributed by atoms with Gasteiger partial charge >= 0.3 is 0 Å². The second kappa shape index (κ2) is 6.59. The van der Waals surface area contributed by atoms with Crippen molar-refractivity contribution in [3.63, 3.8) is 0 Å². The number of halogens is 2. The molecule has 21 heavy (non-hydrogen) atoms. The molecule has 0 radical (unpaired) electrons. The average Bonchev–Trinajstić information content (AvgIpc) is 3.31. The standard InChI is InChI=1S/C18H19ClFN/c19-16-5-3-14(4-6-16)15(12-21-18-9-10-18)11-13-1-7-17(20)8-2-13/h1-8,15,18,21H,9-12H2. The molecular formula is C18H19ClFN. The monoisotopic (exact) mass is 303 g/mol. The Morgan fingerprint density at radius 1 is 1.05 bits per heavy atom. The SMILES string of the molecule is Fc1ccc(CC(CNC2CC2)c2ccc(Cl)cc2)cc1. The van der Waals surface area contributed by atoms with Crippen LogP contribution < -0.4 is 5.32 Å². The summed E-state index contributed by atoms with van der Waals surface area (Å²) in [4.78, 5) is 0. The van der Waals surface area contributed by atoms with E-state index in [1.807, 2.05) is 24.3 Å². The zero-order valence-corrected chi connectivity index (χ0v) is 12.6. The maximum absolute atomic E-state index is 13.0. The van der Waals surface area contributed by atoms with Gasteiger partial charge in [0.2, 0.25) is 0 Å². The van der Waals surface area contributed by atoms with Crippen LogP contribution in [0.1, 0.15) is 29.9 Å². The third-order valence-corrected chi connectivity index (χ3v) is 4.22. The van der Waals surface area contributed by atoms with Crippen molar-refractivity contribution in [2.75, 3.05) is 6.54 Å². The third kappa shape index (κ3) is 4.29. The van der Waals surface area contributed by atoms with Crippen molar-refractivity contribution in [3.8, 4) is 0 Å². The van der Waals surface area contributed by atoms with Gasteiger partial charge in [-0.05, 0) is 54.7 Å². The molecule has 1 fully saturated rings. The number of benzene rings is 2. The van der Waals surface area contributed by atoms with Crippen molar-refractivity contribution < 1.29 is 4.39 Å². The second-order valence-corrected chi connectivity index (χ2v) is 6.20. The number of hydrogen-bond acceptors (Lipinski definition) is 1. The van der Waals surface area contributed by atoms with Crippen LogP contribution in [0.2, 0.25) is 5.02 Å². The molecule has 1 nitrogen and oxygen atoms in total. The largest absolute Gasteiger partial charge is 0.313 e. The van der Waals surface area contributed by atoms with Crippen LogP contribution in [0.15, 0.2) is 48.5 Å². The minimum atomic E-state index is -0.183. The molecule has 1 N–H and O–H groups in total. The highest BCUT2D eigenvalue weighted by Crippen LogP contribution is 2.25. The molecule has 0 aromatic heterocycles. The normalized spacial score (nSPS) is 15.9. The number of rotatable bonds is 6. The van der Waals surface area contributed by atoms with Crippen LogP contribution in [-0.4, -0.2) is 12.6 Å². The summed E-state index contributed by atoms with van der Waals surface area (Å²) in [6.07, 6.45) is 3.47. The lowest BCUT2D eigenvalue weighted by molar-refractivity contribution is 0.576. The van der Waals surface area contributed by atoms with E-state index in [0.717, 1.165) is 23.6 Å². The fraction of sp³-hybridized carbons (Fsp3) is 0.333. The third-order valence-electron chi connectivity index (χ3n) is 3.97. The van der Waals surface area contributed by atoms with E-state index in [2.05, 4.69) is 17.4 Å². The predicted molar refractivity (Wildman–Crippen MR) is 85.3 cm³/mol. The van der Waals surface area contributed by atoms with Gasteiger partial charge in [-0.25, -0.2) is 4.39 Å². The molecule has 0 spiro atoms. The Balaban J connectivity index is 1.73. The fourth-order valence-electron chi connectivity index (χ4n) is 2.54. The summed E-state index contributed by atoms with van der Waals surface area (Å²) in [5.41, 5.74) is 2.44. The van der Waals surface area contributed by atoms with Crippen LogP contribution in [0, 0.1) is 5.82 Å². The Morgan fingerprint density at radius 3 is 2.33 bits per heavy atom. The lowest BCUT2D eigenvalue weighted by atomic mass is 9.92. The molecule has 0 saturated heterocycles. The lowest BCUT2D eigenvalue weighted by Gasteiger charge is -2.18. The van der Waals surface area contributed by atoms with Crippen molar-refractivity contribution in [2.45, 2.75) is 31.2 Å². The van der Waals surface area contributed by atoms with Gasteiger partial charge < -0.3 is 5.32 Å². The minimum Gasteiger partial charge on any atom is -0.313 e. The van der Waals surface area contributed by atoms with Crippen LogP contribution >= 0.6 is 11.6 Å². The summed E-state index contributed by atoms with van der Waals surface area (Å²) in [6, 6.07) is 15.5. The van der Waals surface area contributed by atoms with Crippen LogP contribution in [0.3, 0.4) is 0 Å². The smallest absolute Gasteiger partial charge is 0.123 e. The molecule has 1 aliphatic carbocycles. The molecule has 2 aromatic rings. The topological polar surface area (TPSA) is 12.0 Å². The number of nitrogens with one attached hydrogen (secondary N) is 1. The van der Waals surface area contributed by atoms with Crippen LogP contribution in [0.25, 0.3) is 0 Å². The van der Waals surface area contributed by atoms with E-state index in [1.165, 1.54) is 30.5 Å². The Morgan fingerprint density at radius 2 is 1.71 bits per heavy atom. The molecule has 1 saturated carbocycles. The highest BCUT2D eigenvalue weighted by molar-refractivity contribution is 6.30. The van der Waals surface area contributed by atoms with Crippen molar-refractivity contribution in [2.24, 2.45) is 0 Å². The van der Waals surface area contributed by atoms with Crippen molar-refractivity contribution >= 4 is 11.6 Å². The van der Waals surface area contributed by atoms with Gasteiger partial charge in [-0.15, -0.1) is 0 Å². The maximum atomic E-state index is 13.0. The average molecular weight is 304 g/mol. The molecule has 1 atom stereocenters. The molecule has 3 heteroatoms. The van der Waals surface area contributed by atoms with E-state index in [1.54, 1.807) is 0 Å². The summed E-state index contributed by atoms with van der Waals surface area (Å²) in [7, 11) is 0. The van der Waals surface area contributed by atoms with Gasteiger partial charge in [0.25, 0.3) is 0 Å². The second-order valence-electron chi connectivity index (χ2n) is 5.76. The maximum Gasteiger partial charge on any atom is 0.123 e. The molecule has 2 aromatic carbocycles. The highest BCUT2D eigenvalue weighted by atomic mass is 35.5. The first-order chi connectivity index (χ1) is 10.2. The molecule has 110 valence electrons. The molecule has 1 unspecified atom stereocenters. The molecule has 3 rings (SSSR count). The van der Waals surface area contributed by atoms with Crippen molar-refractivity contribution in [1.29, 1.82) is 0 Å². The van der Waals surface area contributed by atoms with Gasteiger partial charge in [-0.1, -0.05) is 35.9 Å². The van der Waals surface area contributed by atoms with E-state index in [-0.39, 0.29) is 5.82 Å². The van der Waals surface area contributed by atoms with Gasteiger partial charge in [0.15, 0.2) is 0 Å². The van der Waals surface area contributed by atoms with E-state index >= 15 is 0 Å². The Hall–Kier alpha value is -1.38. The summed E-state index contributed by atoms with van der Waals surface area (Å²) in [5.74, 6) is 0.200. The minimum absolute atomic E-state index is 0.183.